The predicted molar refractivity (Wildman–Crippen MR) is 99.2 cm³/mol. The molecule has 0 aromatic heterocycles. The molecule has 0 spiro atoms. The molecule has 0 fully saturated rings. The molecule has 3 aromatic rings. The van der Waals surface area contributed by atoms with Crippen LogP contribution in [0.5, 0.6) is 0 Å². The van der Waals surface area contributed by atoms with E-state index >= 15 is 0 Å². The average molecular weight is 380 g/mol. The quantitative estimate of drug-likeness (QED) is 0.545. The van der Waals surface area contributed by atoms with Gasteiger partial charge in [0.15, 0.2) is 0 Å². The Morgan fingerprint density at radius 1 is 0.792 bits per heavy atom. The van der Waals surface area contributed by atoms with Gasteiger partial charge >= 0.3 is 0 Å². The van der Waals surface area contributed by atoms with Crippen molar-refractivity contribution in [3.63, 3.8) is 0 Å². The summed E-state index contributed by atoms with van der Waals surface area (Å²) in [6.45, 7) is 0. The molecule has 0 unspecified atom stereocenters. The molecule has 4 nitrogen and oxygen atoms in total. The molecule has 5 heteroatoms. The third-order valence-corrected chi connectivity index (χ3v) is 3.81. The summed E-state index contributed by atoms with van der Waals surface area (Å²) in [5.74, 6) is -0.222. The van der Waals surface area contributed by atoms with Crippen molar-refractivity contribution in [1.82, 2.24) is 0 Å². The zero-order chi connectivity index (χ0) is 16.8. The molecule has 0 radical (unpaired) electrons. The molecule has 0 saturated carbocycles. The smallest absolute Gasteiger partial charge is 0.257 e. The van der Waals surface area contributed by atoms with Gasteiger partial charge in [0.2, 0.25) is 0 Å². The van der Waals surface area contributed by atoms with Crippen LogP contribution in [0.1, 0.15) is 10.4 Å². The minimum atomic E-state index is -0.222. The highest BCUT2D eigenvalue weighted by atomic mass is 79.9. The molecule has 0 bridgehead atoms. The third-order valence-electron chi connectivity index (χ3n) is 3.28. The summed E-state index contributed by atoms with van der Waals surface area (Å²) in [6, 6.07) is 23.9. The number of nitrogens with one attached hydrogen (secondary N) is 1. The van der Waals surface area contributed by atoms with Gasteiger partial charge < -0.3 is 5.32 Å². The maximum atomic E-state index is 12.5. The van der Waals surface area contributed by atoms with E-state index in [1.54, 1.807) is 18.2 Å². The number of azo groups is 1. The molecular formula is C19H14BrN3O. The Labute approximate surface area is 148 Å². The van der Waals surface area contributed by atoms with Gasteiger partial charge in [-0.15, -0.1) is 5.11 Å². The Hall–Kier alpha value is -2.79. The van der Waals surface area contributed by atoms with Crippen molar-refractivity contribution < 1.29 is 4.79 Å². The van der Waals surface area contributed by atoms with Gasteiger partial charge in [-0.25, -0.2) is 0 Å². The summed E-state index contributed by atoms with van der Waals surface area (Å²) in [6.07, 6.45) is 0. The van der Waals surface area contributed by atoms with E-state index < -0.39 is 0 Å². The van der Waals surface area contributed by atoms with E-state index in [4.69, 9.17) is 0 Å². The highest BCUT2D eigenvalue weighted by Gasteiger charge is 2.11. The van der Waals surface area contributed by atoms with Crippen LogP contribution in [0, 0.1) is 0 Å². The standard InChI is InChI=1S/C19H14BrN3O/c20-14-10-12-15(13-11-14)21-19(24)17-8-4-5-9-18(17)23-22-16-6-2-1-3-7-16/h1-13H,(H,21,24). The SMILES string of the molecule is O=C(Nc1ccc(Br)cc1)c1ccccc1N=Nc1ccccc1. The Bertz CT molecular complexity index is 861. The number of halogens is 1. The molecule has 0 aliphatic carbocycles. The van der Waals surface area contributed by atoms with Crippen LogP contribution in [-0.2, 0) is 0 Å². The van der Waals surface area contributed by atoms with Crippen molar-refractivity contribution in [3.8, 4) is 0 Å². The van der Waals surface area contributed by atoms with E-state index in [0.717, 1.165) is 15.8 Å². The van der Waals surface area contributed by atoms with Crippen LogP contribution in [0.25, 0.3) is 0 Å². The number of carbonyl (C=O) groups is 1. The highest BCUT2D eigenvalue weighted by Crippen LogP contribution is 2.23. The second-order valence-electron chi connectivity index (χ2n) is 5.01. The van der Waals surface area contributed by atoms with Crippen LogP contribution in [0.2, 0.25) is 0 Å². The van der Waals surface area contributed by atoms with Gasteiger partial charge in [0.25, 0.3) is 5.91 Å². The molecule has 1 N–H and O–H groups in total. The van der Waals surface area contributed by atoms with E-state index in [0.29, 0.717) is 11.3 Å². The molecule has 0 saturated heterocycles. The minimum absolute atomic E-state index is 0.222. The molecule has 0 heterocycles. The first-order valence-corrected chi connectivity index (χ1v) is 8.14. The van der Waals surface area contributed by atoms with Crippen LogP contribution in [0.4, 0.5) is 17.1 Å². The summed E-state index contributed by atoms with van der Waals surface area (Å²) < 4.78 is 0.956. The number of carbonyl (C=O) groups excluding carboxylic acids is 1. The summed E-state index contributed by atoms with van der Waals surface area (Å²) in [5, 5.41) is 11.2. The predicted octanol–water partition coefficient (Wildman–Crippen LogP) is 6.12. The van der Waals surface area contributed by atoms with E-state index in [2.05, 4.69) is 31.5 Å². The van der Waals surface area contributed by atoms with Crippen LogP contribution < -0.4 is 5.32 Å². The van der Waals surface area contributed by atoms with Crippen molar-refractivity contribution >= 4 is 38.9 Å². The van der Waals surface area contributed by atoms with Crippen LogP contribution in [-0.4, -0.2) is 5.91 Å². The van der Waals surface area contributed by atoms with Crippen molar-refractivity contribution in [2.45, 2.75) is 0 Å². The largest absolute Gasteiger partial charge is 0.322 e. The lowest BCUT2D eigenvalue weighted by Crippen LogP contribution is -2.11. The normalized spacial score (nSPS) is 10.7. The monoisotopic (exact) mass is 379 g/mol. The zero-order valence-electron chi connectivity index (χ0n) is 12.7. The Morgan fingerprint density at radius 2 is 1.46 bits per heavy atom. The number of benzene rings is 3. The molecule has 1 amide bonds. The Balaban J connectivity index is 1.82. The number of nitrogens with zero attached hydrogens (tertiary/aromatic N) is 2. The lowest BCUT2D eigenvalue weighted by molar-refractivity contribution is 0.102. The van der Waals surface area contributed by atoms with Gasteiger partial charge in [0.05, 0.1) is 16.9 Å². The van der Waals surface area contributed by atoms with E-state index in [1.165, 1.54) is 0 Å². The summed E-state index contributed by atoms with van der Waals surface area (Å²) in [7, 11) is 0. The average Bonchev–Trinajstić information content (AvgIpc) is 2.63. The van der Waals surface area contributed by atoms with Crippen LogP contribution >= 0.6 is 15.9 Å². The number of amides is 1. The van der Waals surface area contributed by atoms with E-state index in [-0.39, 0.29) is 5.91 Å². The van der Waals surface area contributed by atoms with Crippen molar-refractivity contribution in [2.75, 3.05) is 5.32 Å². The van der Waals surface area contributed by atoms with E-state index in [9.17, 15) is 4.79 Å². The molecular weight excluding hydrogens is 366 g/mol. The van der Waals surface area contributed by atoms with Crippen LogP contribution in [0.3, 0.4) is 0 Å². The third kappa shape index (κ3) is 4.14. The van der Waals surface area contributed by atoms with Gasteiger partial charge in [-0.1, -0.05) is 46.3 Å². The fourth-order valence-electron chi connectivity index (χ4n) is 2.09. The second-order valence-corrected chi connectivity index (χ2v) is 5.93. The van der Waals surface area contributed by atoms with Gasteiger partial charge in [0, 0.05) is 10.2 Å². The molecule has 0 aliphatic heterocycles. The first-order chi connectivity index (χ1) is 11.7. The Kier molecular flexibility index (Phi) is 5.13. The first kappa shape index (κ1) is 16.1. The second kappa shape index (κ2) is 7.66. The number of hydrogen-bond donors (Lipinski definition) is 1. The topological polar surface area (TPSA) is 53.8 Å². The fraction of sp³-hybridized carbons (Fsp3) is 0. The van der Waals surface area contributed by atoms with Crippen molar-refractivity contribution in [3.05, 3.63) is 88.9 Å². The number of hydrogen-bond acceptors (Lipinski definition) is 3. The summed E-state index contributed by atoms with van der Waals surface area (Å²) in [5.41, 5.74) is 2.45. The first-order valence-electron chi connectivity index (χ1n) is 7.35. The van der Waals surface area contributed by atoms with Gasteiger partial charge in [0.1, 0.15) is 0 Å². The summed E-state index contributed by atoms with van der Waals surface area (Å²) >= 11 is 3.37. The molecule has 118 valence electrons. The lowest BCUT2D eigenvalue weighted by Gasteiger charge is -2.07. The van der Waals surface area contributed by atoms with E-state index in [1.807, 2.05) is 60.7 Å². The number of rotatable bonds is 4. The fourth-order valence-corrected chi connectivity index (χ4v) is 2.36. The number of anilines is 1. The lowest BCUT2D eigenvalue weighted by atomic mass is 10.1. The molecule has 3 rings (SSSR count). The van der Waals surface area contributed by atoms with Gasteiger partial charge in [-0.3, -0.25) is 4.79 Å². The molecule has 24 heavy (non-hydrogen) atoms. The van der Waals surface area contributed by atoms with Crippen molar-refractivity contribution in [2.24, 2.45) is 10.2 Å². The van der Waals surface area contributed by atoms with Gasteiger partial charge in [-0.2, -0.15) is 5.11 Å². The summed E-state index contributed by atoms with van der Waals surface area (Å²) in [4.78, 5) is 12.5. The zero-order valence-corrected chi connectivity index (χ0v) is 14.3. The Morgan fingerprint density at radius 3 is 2.21 bits per heavy atom. The highest BCUT2D eigenvalue weighted by molar-refractivity contribution is 9.10. The maximum absolute atomic E-state index is 12.5. The minimum Gasteiger partial charge on any atom is -0.322 e. The van der Waals surface area contributed by atoms with Crippen LogP contribution in [0.15, 0.2) is 93.6 Å². The molecule has 3 aromatic carbocycles. The molecule has 0 aliphatic rings. The molecule has 0 atom stereocenters. The maximum Gasteiger partial charge on any atom is 0.257 e. The van der Waals surface area contributed by atoms with Crippen molar-refractivity contribution in [1.29, 1.82) is 0 Å². The van der Waals surface area contributed by atoms with Gasteiger partial charge in [-0.05, 0) is 48.5 Å².